The smallest absolute Gasteiger partial charge is 0.328 e. The second-order valence-electron chi connectivity index (χ2n) is 5.52. The highest BCUT2D eigenvalue weighted by atomic mass is 35.5. The molecule has 24 heavy (non-hydrogen) atoms. The number of ether oxygens (including phenoxy) is 1. The zero-order valence-electron chi connectivity index (χ0n) is 13.2. The van der Waals surface area contributed by atoms with Crippen molar-refractivity contribution < 1.29 is 24.2 Å². The Morgan fingerprint density at radius 2 is 2.04 bits per heavy atom. The molecule has 1 aromatic rings. The molecule has 2 N–H and O–H groups in total. The van der Waals surface area contributed by atoms with Gasteiger partial charge in [-0.2, -0.15) is 0 Å². The molecule has 2 rings (SSSR count). The fourth-order valence-electron chi connectivity index (χ4n) is 2.59. The number of carboxylic acid groups (broad SMARTS) is 1. The van der Waals surface area contributed by atoms with E-state index in [9.17, 15) is 19.5 Å². The van der Waals surface area contributed by atoms with Gasteiger partial charge in [0.1, 0.15) is 0 Å². The number of morpholine rings is 1. The molecule has 1 saturated heterocycles. The molecular weight excluding hydrogens is 336 g/mol. The molecule has 0 aromatic heterocycles. The molecule has 1 fully saturated rings. The molecule has 2 atom stereocenters. The number of amides is 2. The third kappa shape index (κ3) is 4.69. The number of carbonyl (C=O) groups excluding carboxylic acids is 2. The third-order valence-electron chi connectivity index (χ3n) is 3.76. The number of carbonyl (C=O) groups is 3. The average molecular weight is 355 g/mol. The Hall–Kier alpha value is -2.12. The van der Waals surface area contributed by atoms with Gasteiger partial charge in [0.15, 0.2) is 6.04 Å². The molecule has 130 valence electrons. The van der Waals surface area contributed by atoms with Crippen molar-refractivity contribution in [1.29, 1.82) is 0 Å². The minimum Gasteiger partial charge on any atom is -0.480 e. The zero-order chi connectivity index (χ0) is 17.7. The number of benzene rings is 1. The summed E-state index contributed by atoms with van der Waals surface area (Å²) in [6.45, 7) is 1.83. The second kappa shape index (κ2) is 8.12. The standard InChI is InChI=1S/C16H19ClN2O5/c1-10(20)18-13(11-2-4-12(17)5-3-11)8-15(21)19-6-7-24-9-14(19)16(22)23/h2-5,13-14H,6-9H2,1H3,(H,18,20)(H,22,23)/t13-,14-/m0/s1. The van der Waals surface area contributed by atoms with Crippen LogP contribution in [-0.2, 0) is 19.1 Å². The van der Waals surface area contributed by atoms with Crippen molar-refractivity contribution >= 4 is 29.4 Å². The second-order valence-corrected chi connectivity index (χ2v) is 5.96. The number of hydrogen-bond donors (Lipinski definition) is 2. The van der Waals surface area contributed by atoms with E-state index in [4.69, 9.17) is 16.3 Å². The number of rotatable bonds is 5. The van der Waals surface area contributed by atoms with Gasteiger partial charge in [0.2, 0.25) is 11.8 Å². The predicted octanol–water partition coefficient (Wildman–Crippen LogP) is 1.22. The van der Waals surface area contributed by atoms with Crippen molar-refractivity contribution in [1.82, 2.24) is 10.2 Å². The maximum atomic E-state index is 12.6. The summed E-state index contributed by atoms with van der Waals surface area (Å²) >= 11 is 5.86. The van der Waals surface area contributed by atoms with Gasteiger partial charge in [0, 0.05) is 18.5 Å². The minimum absolute atomic E-state index is 0.0349. The van der Waals surface area contributed by atoms with Crippen molar-refractivity contribution in [3.8, 4) is 0 Å². The van der Waals surface area contributed by atoms with E-state index in [-0.39, 0.29) is 31.4 Å². The first kappa shape index (κ1) is 18.2. The van der Waals surface area contributed by atoms with Gasteiger partial charge in [-0.3, -0.25) is 9.59 Å². The van der Waals surface area contributed by atoms with Gasteiger partial charge < -0.3 is 20.1 Å². The summed E-state index contributed by atoms with van der Waals surface area (Å²) in [5.74, 6) is -1.73. The van der Waals surface area contributed by atoms with Crippen LogP contribution >= 0.6 is 11.6 Å². The van der Waals surface area contributed by atoms with E-state index in [1.54, 1.807) is 24.3 Å². The molecule has 0 aliphatic carbocycles. The van der Waals surface area contributed by atoms with Crippen LogP contribution in [0, 0.1) is 0 Å². The van der Waals surface area contributed by atoms with E-state index >= 15 is 0 Å². The van der Waals surface area contributed by atoms with Gasteiger partial charge in [-0.25, -0.2) is 4.79 Å². The Kier molecular flexibility index (Phi) is 6.16. The zero-order valence-corrected chi connectivity index (χ0v) is 14.0. The molecule has 0 saturated carbocycles. The Balaban J connectivity index is 2.15. The van der Waals surface area contributed by atoms with Crippen LogP contribution in [-0.4, -0.2) is 53.6 Å². The molecule has 0 spiro atoms. The summed E-state index contributed by atoms with van der Waals surface area (Å²) in [5, 5.41) is 12.5. The van der Waals surface area contributed by atoms with Crippen LogP contribution in [0.25, 0.3) is 0 Å². The average Bonchev–Trinajstić information content (AvgIpc) is 2.54. The minimum atomic E-state index is -1.11. The van der Waals surface area contributed by atoms with E-state index in [1.165, 1.54) is 11.8 Å². The lowest BCUT2D eigenvalue weighted by atomic mass is 10.0. The summed E-state index contributed by atoms with van der Waals surface area (Å²) < 4.78 is 5.13. The molecule has 7 nitrogen and oxygen atoms in total. The molecule has 0 unspecified atom stereocenters. The van der Waals surface area contributed by atoms with Gasteiger partial charge in [0.05, 0.1) is 25.7 Å². The molecule has 0 radical (unpaired) electrons. The van der Waals surface area contributed by atoms with Crippen molar-refractivity contribution in [2.24, 2.45) is 0 Å². The monoisotopic (exact) mass is 354 g/mol. The van der Waals surface area contributed by atoms with Crippen LogP contribution in [0.5, 0.6) is 0 Å². The maximum absolute atomic E-state index is 12.6. The quantitative estimate of drug-likeness (QED) is 0.828. The summed E-state index contributed by atoms with van der Waals surface area (Å²) in [5.41, 5.74) is 0.725. The Morgan fingerprint density at radius 1 is 1.38 bits per heavy atom. The normalized spacial score (nSPS) is 18.8. The summed E-state index contributed by atoms with van der Waals surface area (Å²) in [6, 6.07) is 5.24. The number of carboxylic acids is 1. The number of nitrogens with one attached hydrogen (secondary N) is 1. The number of hydrogen-bond acceptors (Lipinski definition) is 4. The third-order valence-corrected chi connectivity index (χ3v) is 4.01. The molecule has 1 aliphatic heterocycles. The highest BCUT2D eigenvalue weighted by Gasteiger charge is 2.33. The van der Waals surface area contributed by atoms with Gasteiger partial charge in [-0.05, 0) is 17.7 Å². The predicted molar refractivity (Wildman–Crippen MR) is 86.6 cm³/mol. The van der Waals surface area contributed by atoms with Crippen molar-refractivity contribution in [3.63, 3.8) is 0 Å². The van der Waals surface area contributed by atoms with Crippen molar-refractivity contribution in [2.45, 2.75) is 25.4 Å². The first-order valence-electron chi connectivity index (χ1n) is 7.51. The Morgan fingerprint density at radius 3 is 2.62 bits per heavy atom. The highest BCUT2D eigenvalue weighted by molar-refractivity contribution is 6.30. The highest BCUT2D eigenvalue weighted by Crippen LogP contribution is 2.22. The molecule has 2 amide bonds. The van der Waals surface area contributed by atoms with Gasteiger partial charge in [-0.1, -0.05) is 23.7 Å². The van der Waals surface area contributed by atoms with Crippen LogP contribution in [0.2, 0.25) is 5.02 Å². The van der Waals surface area contributed by atoms with E-state index in [2.05, 4.69) is 5.32 Å². The first-order chi connectivity index (χ1) is 11.4. The molecule has 1 aliphatic rings. The molecule has 0 bridgehead atoms. The van der Waals surface area contributed by atoms with E-state index < -0.39 is 18.1 Å². The van der Waals surface area contributed by atoms with Gasteiger partial charge in [0.25, 0.3) is 0 Å². The summed E-state index contributed by atoms with van der Waals surface area (Å²) in [7, 11) is 0. The number of aliphatic carboxylic acids is 1. The first-order valence-corrected chi connectivity index (χ1v) is 7.89. The fraction of sp³-hybridized carbons (Fsp3) is 0.438. The summed E-state index contributed by atoms with van der Waals surface area (Å²) in [4.78, 5) is 36.6. The lowest BCUT2D eigenvalue weighted by Gasteiger charge is -2.34. The van der Waals surface area contributed by atoms with Crippen molar-refractivity contribution in [3.05, 3.63) is 34.9 Å². The largest absolute Gasteiger partial charge is 0.480 e. The van der Waals surface area contributed by atoms with Crippen LogP contribution < -0.4 is 5.32 Å². The van der Waals surface area contributed by atoms with Gasteiger partial charge in [-0.15, -0.1) is 0 Å². The lowest BCUT2D eigenvalue weighted by Crippen LogP contribution is -2.53. The van der Waals surface area contributed by atoms with Gasteiger partial charge >= 0.3 is 5.97 Å². The number of nitrogens with zero attached hydrogens (tertiary/aromatic N) is 1. The molecule has 1 aromatic carbocycles. The maximum Gasteiger partial charge on any atom is 0.328 e. The van der Waals surface area contributed by atoms with E-state index in [1.807, 2.05) is 0 Å². The topological polar surface area (TPSA) is 95.9 Å². The van der Waals surface area contributed by atoms with Crippen LogP contribution in [0.3, 0.4) is 0 Å². The molecule has 8 heteroatoms. The lowest BCUT2D eigenvalue weighted by molar-refractivity contribution is -0.158. The molecule has 1 heterocycles. The Labute approximate surface area is 144 Å². The SMILES string of the molecule is CC(=O)N[C@@H](CC(=O)N1CCOC[C@H]1C(=O)O)c1ccc(Cl)cc1. The van der Waals surface area contributed by atoms with Crippen LogP contribution in [0.4, 0.5) is 0 Å². The van der Waals surface area contributed by atoms with Crippen molar-refractivity contribution in [2.75, 3.05) is 19.8 Å². The Bertz CT molecular complexity index is 619. The number of halogens is 1. The van der Waals surface area contributed by atoms with Crippen LogP contribution in [0.15, 0.2) is 24.3 Å². The molecular formula is C16H19ClN2O5. The van der Waals surface area contributed by atoms with E-state index in [0.29, 0.717) is 11.6 Å². The van der Waals surface area contributed by atoms with Crippen LogP contribution in [0.1, 0.15) is 24.9 Å². The van der Waals surface area contributed by atoms with E-state index in [0.717, 1.165) is 5.56 Å². The fourth-order valence-corrected chi connectivity index (χ4v) is 2.72. The summed E-state index contributed by atoms with van der Waals surface area (Å²) in [6.07, 6.45) is -0.0367.